The number of rotatable bonds is 1. The molecule has 0 saturated carbocycles. The maximum absolute atomic E-state index is 4.72. The average molecular weight is 251 g/mol. The van der Waals surface area contributed by atoms with Crippen molar-refractivity contribution in [3.8, 4) is 11.4 Å². The van der Waals surface area contributed by atoms with Crippen molar-refractivity contribution in [3.05, 3.63) is 46.8 Å². The number of hydrogen-bond acceptors (Lipinski definition) is 2. The van der Waals surface area contributed by atoms with Gasteiger partial charge in [0.05, 0.1) is 11.0 Å². The van der Waals surface area contributed by atoms with Gasteiger partial charge in [0.2, 0.25) is 0 Å². The number of fused-ring (bicyclic) bond motifs is 1. The third-order valence-corrected chi connectivity index (χ3v) is 3.40. The summed E-state index contributed by atoms with van der Waals surface area (Å²) in [5, 5.41) is 0. The van der Waals surface area contributed by atoms with Gasteiger partial charge in [-0.25, -0.2) is 4.98 Å². The van der Waals surface area contributed by atoms with Gasteiger partial charge < -0.3 is 4.98 Å². The molecule has 3 aromatic rings. The Hall–Kier alpha value is -2.16. The van der Waals surface area contributed by atoms with E-state index in [1.165, 1.54) is 11.1 Å². The Morgan fingerprint density at radius 2 is 1.74 bits per heavy atom. The average Bonchev–Trinajstić information content (AvgIpc) is 2.72. The summed E-state index contributed by atoms with van der Waals surface area (Å²) in [6.45, 7) is 8.22. The van der Waals surface area contributed by atoms with E-state index in [1.807, 2.05) is 19.9 Å². The second kappa shape index (κ2) is 4.19. The molecule has 0 atom stereocenters. The van der Waals surface area contributed by atoms with Crippen LogP contribution < -0.4 is 0 Å². The topological polar surface area (TPSA) is 41.6 Å². The zero-order valence-electron chi connectivity index (χ0n) is 11.7. The van der Waals surface area contributed by atoms with Gasteiger partial charge in [0.1, 0.15) is 5.82 Å². The highest BCUT2D eigenvalue weighted by molar-refractivity contribution is 5.83. The monoisotopic (exact) mass is 251 g/mol. The lowest BCUT2D eigenvalue weighted by Gasteiger charge is -2.02. The van der Waals surface area contributed by atoms with Crippen molar-refractivity contribution < 1.29 is 0 Å². The lowest BCUT2D eigenvalue weighted by atomic mass is 10.1. The molecule has 3 nitrogen and oxygen atoms in total. The van der Waals surface area contributed by atoms with E-state index in [-0.39, 0.29) is 0 Å². The second-order valence-corrected chi connectivity index (χ2v) is 5.15. The van der Waals surface area contributed by atoms with Crippen LogP contribution in [0.15, 0.2) is 24.3 Å². The first-order valence-corrected chi connectivity index (χ1v) is 6.46. The zero-order valence-corrected chi connectivity index (χ0v) is 11.7. The molecule has 3 rings (SSSR count). The molecule has 0 aliphatic rings. The molecule has 0 unspecified atom stereocenters. The lowest BCUT2D eigenvalue weighted by Crippen LogP contribution is -1.91. The van der Waals surface area contributed by atoms with Crippen molar-refractivity contribution in [3.63, 3.8) is 0 Å². The fourth-order valence-electron chi connectivity index (χ4n) is 2.54. The van der Waals surface area contributed by atoms with Crippen LogP contribution >= 0.6 is 0 Å². The minimum absolute atomic E-state index is 0.897. The van der Waals surface area contributed by atoms with E-state index in [4.69, 9.17) is 4.98 Å². The number of aromatic amines is 1. The first kappa shape index (κ1) is 11.9. The predicted molar refractivity (Wildman–Crippen MR) is 78.3 cm³/mol. The summed E-state index contributed by atoms with van der Waals surface area (Å²) >= 11 is 0. The Kier molecular flexibility index (Phi) is 2.63. The SMILES string of the molecule is Cc1cc(C)c2nc(-c3ccc(C)nc3C)[nH]c2c1. The summed E-state index contributed by atoms with van der Waals surface area (Å²) < 4.78 is 0. The first-order valence-electron chi connectivity index (χ1n) is 6.46. The fraction of sp³-hybridized carbons (Fsp3) is 0.250. The number of hydrogen-bond donors (Lipinski definition) is 1. The Labute approximate surface area is 112 Å². The molecule has 2 aromatic heterocycles. The van der Waals surface area contributed by atoms with Crippen LogP contribution in [0.1, 0.15) is 22.5 Å². The molecule has 0 bridgehead atoms. The van der Waals surface area contributed by atoms with Crippen LogP contribution in [0.3, 0.4) is 0 Å². The molecule has 1 N–H and O–H groups in total. The standard InChI is InChI=1S/C16H17N3/c1-9-7-10(2)15-14(8-9)18-16(19-15)13-6-5-11(3)17-12(13)4/h5-8H,1-4H3,(H,18,19). The third-order valence-electron chi connectivity index (χ3n) is 3.40. The number of H-pyrrole nitrogens is 1. The van der Waals surface area contributed by atoms with Crippen molar-refractivity contribution >= 4 is 11.0 Å². The van der Waals surface area contributed by atoms with Crippen molar-refractivity contribution in [2.24, 2.45) is 0 Å². The van der Waals surface area contributed by atoms with Gasteiger partial charge in [-0.1, -0.05) is 6.07 Å². The minimum atomic E-state index is 0.897. The highest BCUT2D eigenvalue weighted by Gasteiger charge is 2.10. The Morgan fingerprint density at radius 1 is 0.947 bits per heavy atom. The van der Waals surface area contributed by atoms with Crippen LogP contribution in [0.25, 0.3) is 22.4 Å². The molecule has 19 heavy (non-hydrogen) atoms. The van der Waals surface area contributed by atoms with Crippen LogP contribution in [0, 0.1) is 27.7 Å². The maximum atomic E-state index is 4.72. The summed E-state index contributed by atoms with van der Waals surface area (Å²) in [6, 6.07) is 8.40. The molecule has 3 heteroatoms. The molecule has 96 valence electrons. The Balaban J connectivity index is 2.23. The molecule has 1 aromatic carbocycles. The number of nitrogens with zero attached hydrogens (tertiary/aromatic N) is 2. The molecule has 0 aliphatic carbocycles. The van der Waals surface area contributed by atoms with E-state index >= 15 is 0 Å². The third kappa shape index (κ3) is 2.01. The number of benzene rings is 1. The van der Waals surface area contributed by atoms with Crippen molar-refractivity contribution in [1.29, 1.82) is 0 Å². The van der Waals surface area contributed by atoms with Gasteiger partial charge in [-0.2, -0.15) is 0 Å². The molecular weight excluding hydrogens is 234 g/mol. The van der Waals surface area contributed by atoms with Crippen LogP contribution in [0.5, 0.6) is 0 Å². The smallest absolute Gasteiger partial charge is 0.140 e. The molecule has 2 heterocycles. The number of imidazole rings is 1. The lowest BCUT2D eigenvalue weighted by molar-refractivity contribution is 1.11. The van der Waals surface area contributed by atoms with Crippen molar-refractivity contribution in [2.75, 3.05) is 0 Å². The van der Waals surface area contributed by atoms with Gasteiger partial charge in [0.25, 0.3) is 0 Å². The highest BCUT2D eigenvalue weighted by atomic mass is 14.9. The van der Waals surface area contributed by atoms with Crippen LogP contribution in [0.4, 0.5) is 0 Å². The van der Waals surface area contributed by atoms with Gasteiger partial charge in [0.15, 0.2) is 0 Å². The van der Waals surface area contributed by atoms with Crippen molar-refractivity contribution in [1.82, 2.24) is 15.0 Å². The number of pyridine rings is 1. The van der Waals surface area contributed by atoms with E-state index in [9.17, 15) is 0 Å². The normalized spacial score (nSPS) is 11.2. The molecule has 0 fully saturated rings. The molecule has 0 spiro atoms. The van der Waals surface area contributed by atoms with Crippen LogP contribution in [-0.4, -0.2) is 15.0 Å². The molecule has 0 aliphatic heterocycles. The molecule has 0 amide bonds. The minimum Gasteiger partial charge on any atom is -0.338 e. The summed E-state index contributed by atoms with van der Waals surface area (Å²) in [5.74, 6) is 0.897. The summed E-state index contributed by atoms with van der Waals surface area (Å²) in [5.41, 5.74) is 7.69. The van der Waals surface area contributed by atoms with Gasteiger partial charge in [-0.3, -0.25) is 4.98 Å². The maximum Gasteiger partial charge on any atom is 0.140 e. The second-order valence-electron chi connectivity index (χ2n) is 5.15. The van der Waals surface area contributed by atoms with E-state index < -0.39 is 0 Å². The summed E-state index contributed by atoms with van der Waals surface area (Å²) in [6.07, 6.45) is 0. The Bertz CT molecular complexity index is 769. The largest absolute Gasteiger partial charge is 0.338 e. The van der Waals surface area contributed by atoms with E-state index in [0.29, 0.717) is 0 Å². The summed E-state index contributed by atoms with van der Waals surface area (Å²) in [4.78, 5) is 12.6. The number of nitrogens with one attached hydrogen (secondary N) is 1. The van der Waals surface area contributed by atoms with E-state index in [2.05, 4.69) is 42.0 Å². The van der Waals surface area contributed by atoms with Gasteiger partial charge in [-0.05, 0) is 57.0 Å². The molecular formula is C16H17N3. The molecule has 0 radical (unpaired) electrons. The molecule has 0 saturated heterocycles. The summed E-state index contributed by atoms with van der Waals surface area (Å²) in [7, 11) is 0. The zero-order chi connectivity index (χ0) is 13.6. The van der Waals surface area contributed by atoms with Gasteiger partial charge in [0, 0.05) is 17.0 Å². The number of aromatic nitrogens is 3. The fourth-order valence-corrected chi connectivity index (χ4v) is 2.54. The Morgan fingerprint density at radius 3 is 2.47 bits per heavy atom. The van der Waals surface area contributed by atoms with E-state index in [1.54, 1.807) is 0 Å². The highest BCUT2D eigenvalue weighted by Crippen LogP contribution is 2.25. The number of aryl methyl sites for hydroxylation is 4. The van der Waals surface area contributed by atoms with Gasteiger partial charge >= 0.3 is 0 Å². The predicted octanol–water partition coefficient (Wildman–Crippen LogP) is 3.86. The van der Waals surface area contributed by atoms with Crippen LogP contribution in [-0.2, 0) is 0 Å². The quantitative estimate of drug-likeness (QED) is 0.713. The first-order chi connectivity index (χ1) is 9.04. The van der Waals surface area contributed by atoms with Gasteiger partial charge in [-0.15, -0.1) is 0 Å². The van der Waals surface area contributed by atoms with E-state index in [0.717, 1.165) is 33.8 Å². The van der Waals surface area contributed by atoms with Crippen LogP contribution in [0.2, 0.25) is 0 Å². The van der Waals surface area contributed by atoms with Crippen molar-refractivity contribution in [2.45, 2.75) is 27.7 Å².